The highest BCUT2D eigenvalue weighted by Gasteiger charge is 2.02. The summed E-state index contributed by atoms with van der Waals surface area (Å²) in [4.78, 5) is 0. The van der Waals surface area contributed by atoms with Crippen LogP contribution in [0.3, 0.4) is 0 Å². The van der Waals surface area contributed by atoms with Crippen LogP contribution in [0, 0.1) is 0 Å². The van der Waals surface area contributed by atoms with Crippen LogP contribution in [0.15, 0.2) is 35.1 Å². The molecule has 0 saturated heterocycles. The van der Waals surface area contributed by atoms with E-state index in [4.69, 9.17) is 0 Å². The molecular formula is C8H5Br2N. The van der Waals surface area contributed by atoms with Crippen LogP contribution in [0.5, 0.6) is 0 Å². The van der Waals surface area contributed by atoms with Gasteiger partial charge in [0.15, 0.2) is 0 Å². The summed E-state index contributed by atoms with van der Waals surface area (Å²) in [5.41, 5.74) is 0. The summed E-state index contributed by atoms with van der Waals surface area (Å²) >= 11 is 6.85. The van der Waals surface area contributed by atoms with Crippen molar-refractivity contribution in [3.05, 3.63) is 35.1 Å². The molecule has 3 heteroatoms. The second kappa shape index (κ2) is 2.64. The molecule has 0 aliphatic carbocycles. The number of nitrogens with zero attached hydrogens (tertiary/aromatic N) is 1. The molecule has 0 unspecified atom stereocenters. The molecule has 2 aromatic rings. The lowest BCUT2D eigenvalue weighted by Gasteiger charge is -1.88. The average Bonchev–Trinajstić information content (AvgIpc) is 2.30. The Bertz CT molecular complexity index is 392. The molecule has 0 saturated carbocycles. The molecule has 0 N–H and O–H groups in total. The molecule has 1 nitrogen and oxygen atoms in total. The van der Waals surface area contributed by atoms with E-state index >= 15 is 0 Å². The third-order valence-electron chi connectivity index (χ3n) is 1.62. The van der Waals surface area contributed by atoms with Gasteiger partial charge in [-0.15, -0.1) is 0 Å². The van der Waals surface area contributed by atoms with E-state index < -0.39 is 0 Å². The zero-order valence-electron chi connectivity index (χ0n) is 5.59. The number of halogens is 2. The highest BCUT2D eigenvalue weighted by atomic mass is 79.9. The monoisotopic (exact) mass is 273 g/mol. The highest BCUT2D eigenvalue weighted by Crippen LogP contribution is 2.26. The van der Waals surface area contributed by atoms with Gasteiger partial charge in [-0.2, -0.15) is 0 Å². The molecule has 0 spiro atoms. The second-order valence-corrected chi connectivity index (χ2v) is 3.83. The van der Waals surface area contributed by atoms with E-state index in [1.807, 2.05) is 21.9 Å². The van der Waals surface area contributed by atoms with Gasteiger partial charge in [-0.05, 0) is 15.9 Å². The molecule has 0 aliphatic heterocycles. The first-order valence-electron chi connectivity index (χ1n) is 3.21. The molecule has 0 bridgehead atoms. The van der Waals surface area contributed by atoms with Crippen molar-refractivity contribution in [3.63, 3.8) is 0 Å². The van der Waals surface area contributed by atoms with E-state index in [1.165, 1.54) is 10.8 Å². The molecule has 2 rings (SSSR count). The van der Waals surface area contributed by atoms with Gasteiger partial charge in [0.2, 0.25) is 0 Å². The minimum absolute atomic E-state index is 1.06. The zero-order chi connectivity index (χ0) is 7.84. The van der Waals surface area contributed by atoms with Crippen LogP contribution < -0.4 is 0 Å². The number of fused-ring (bicyclic) bond motifs is 1. The zero-order valence-corrected chi connectivity index (χ0v) is 8.76. The minimum atomic E-state index is 1.06. The summed E-state index contributed by atoms with van der Waals surface area (Å²) in [6.45, 7) is 0. The van der Waals surface area contributed by atoms with Gasteiger partial charge in [0, 0.05) is 17.0 Å². The second-order valence-electron chi connectivity index (χ2n) is 2.32. The number of hydrogen-bond donors (Lipinski definition) is 0. The van der Waals surface area contributed by atoms with Crippen molar-refractivity contribution >= 4 is 42.8 Å². The van der Waals surface area contributed by atoms with Crippen LogP contribution in [-0.4, -0.2) is 3.59 Å². The summed E-state index contributed by atoms with van der Waals surface area (Å²) in [5, 5.41) is 2.46. The van der Waals surface area contributed by atoms with E-state index in [0.29, 0.717) is 0 Å². The van der Waals surface area contributed by atoms with Gasteiger partial charge in [0.1, 0.15) is 4.60 Å². The number of benzene rings is 1. The molecule has 1 heterocycles. The first-order chi connectivity index (χ1) is 5.29. The van der Waals surface area contributed by atoms with Gasteiger partial charge < -0.3 is 0 Å². The van der Waals surface area contributed by atoms with Crippen LogP contribution in [0.1, 0.15) is 0 Å². The summed E-state index contributed by atoms with van der Waals surface area (Å²) in [7, 11) is 0. The summed E-state index contributed by atoms with van der Waals surface area (Å²) in [5.74, 6) is 0. The number of hydrogen-bond acceptors (Lipinski definition) is 0. The quantitative estimate of drug-likeness (QED) is 0.692. The van der Waals surface area contributed by atoms with Gasteiger partial charge in [-0.25, -0.2) is 0 Å². The van der Waals surface area contributed by atoms with Crippen molar-refractivity contribution in [2.45, 2.75) is 0 Å². The normalized spacial score (nSPS) is 10.7. The predicted molar refractivity (Wildman–Crippen MR) is 54.0 cm³/mol. The highest BCUT2D eigenvalue weighted by molar-refractivity contribution is 9.12. The predicted octanol–water partition coefficient (Wildman–Crippen LogP) is 3.56. The Kier molecular flexibility index (Phi) is 1.77. The fourth-order valence-corrected chi connectivity index (χ4v) is 1.97. The van der Waals surface area contributed by atoms with Crippen LogP contribution in [0.4, 0.5) is 0 Å². The van der Waals surface area contributed by atoms with Gasteiger partial charge in [-0.3, -0.25) is 3.59 Å². The van der Waals surface area contributed by atoms with Crippen LogP contribution in [0.2, 0.25) is 0 Å². The summed E-state index contributed by atoms with van der Waals surface area (Å²) < 4.78 is 2.95. The van der Waals surface area contributed by atoms with Crippen LogP contribution in [0.25, 0.3) is 10.8 Å². The Balaban J connectivity index is 2.92. The first-order valence-corrected chi connectivity index (χ1v) is 4.71. The lowest BCUT2D eigenvalue weighted by molar-refractivity contribution is 1.29. The lowest BCUT2D eigenvalue weighted by Crippen LogP contribution is -1.70. The van der Waals surface area contributed by atoms with Crippen molar-refractivity contribution in [2.24, 2.45) is 0 Å². The Labute approximate surface area is 81.5 Å². The maximum Gasteiger partial charge on any atom is 0.103 e. The molecular weight excluding hydrogens is 270 g/mol. The minimum Gasteiger partial charge on any atom is -0.276 e. The maximum absolute atomic E-state index is 3.47. The maximum atomic E-state index is 3.47. The number of rotatable bonds is 0. The molecule has 56 valence electrons. The third-order valence-corrected chi connectivity index (χ3v) is 3.47. The molecule has 0 amide bonds. The van der Waals surface area contributed by atoms with Gasteiger partial charge in [0.25, 0.3) is 0 Å². The van der Waals surface area contributed by atoms with Gasteiger partial charge >= 0.3 is 0 Å². The lowest BCUT2D eigenvalue weighted by atomic mass is 10.2. The Hall–Kier alpha value is -0.280. The molecule has 1 aromatic carbocycles. The average molecular weight is 275 g/mol. The van der Waals surface area contributed by atoms with Crippen molar-refractivity contribution < 1.29 is 0 Å². The topological polar surface area (TPSA) is 4.93 Å². The van der Waals surface area contributed by atoms with Crippen LogP contribution >= 0.6 is 32.1 Å². The molecule has 0 fully saturated rings. The Morgan fingerprint density at radius 3 is 2.64 bits per heavy atom. The van der Waals surface area contributed by atoms with Crippen molar-refractivity contribution in [2.75, 3.05) is 0 Å². The third kappa shape index (κ3) is 1.12. The van der Waals surface area contributed by atoms with E-state index in [0.717, 1.165) is 4.60 Å². The van der Waals surface area contributed by atoms with E-state index in [1.54, 1.807) is 0 Å². The van der Waals surface area contributed by atoms with Crippen LogP contribution in [-0.2, 0) is 0 Å². The fourth-order valence-electron chi connectivity index (χ4n) is 1.09. The van der Waals surface area contributed by atoms with Gasteiger partial charge in [-0.1, -0.05) is 24.3 Å². The molecule has 11 heavy (non-hydrogen) atoms. The van der Waals surface area contributed by atoms with E-state index in [9.17, 15) is 0 Å². The SMILES string of the molecule is Brc1c2ccccc2cn1Br. The molecule has 1 aromatic heterocycles. The van der Waals surface area contributed by atoms with Gasteiger partial charge in [0.05, 0.1) is 16.1 Å². The van der Waals surface area contributed by atoms with E-state index in [-0.39, 0.29) is 0 Å². The smallest absolute Gasteiger partial charge is 0.103 e. The largest absolute Gasteiger partial charge is 0.276 e. The standard InChI is InChI=1S/C8H5Br2N/c9-8-7-4-2-1-3-6(7)5-11(8)10/h1-5H. The van der Waals surface area contributed by atoms with Crippen molar-refractivity contribution in [3.8, 4) is 0 Å². The molecule has 0 aliphatic rings. The van der Waals surface area contributed by atoms with Crippen molar-refractivity contribution in [1.29, 1.82) is 0 Å². The number of aromatic nitrogens is 1. The fraction of sp³-hybridized carbons (Fsp3) is 0. The Morgan fingerprint density at radius 1 is 1.18 bits per heavy atom. The van der Waals surface area contributed by atoms with E-state index in [2.05, 4.69) is 44.2 Å². The molecule has 0 atom stereocenters. The van der Waals surface area contributed by atoms with Crippen molar-refractivity contribution in [1.82, 2.24) is 3.59 Å². The summed E-state index contributed by atoms with van der Waals surface area (Å²) in [6, 6.07) is 8.22. The summed E-state index contributed by atoms with van der Waals surface area (Å²) in [6.07, 6.45) is 2.03. The first kappa shape index (κ1) is 7.37. The molecule has 0 radical (unpaired) electrons. The Morgan fingerprint density at radius 2 is 1.91 bits per heavy atom.